The van der Waals surface area contributed by atoms with Crippen LogP contribution < -0.4 is 0 Å². The highest BCUT2D eigenvalue weighted by Gasteiger charge is 2.10. The third-order valence-corrected chi connectivity index (χ3v) is 2.41. The molecule has 1 fully saturated rings. The van der Waals surface area contributed by atoms with Gasteiger partial charge in [0, 0.05) is 0 Å². The number of methoxy groups -OCH3 is 1. The molecule has 0 aromatic rings. The second-order valence-corrected chi connectivity index (χ2v) is 3.58. The summed E-state index contributed by atoms with van der Waals surface area (Å²) in [4.78, 5) is 22.1. The molecule has 0 heterocycles. The highest BCUT2D eigenvalue weighted by molar-refractivity contribution is 6.02. The van der Waals surface area contributed by atoms with Crippen LogP contribution in [0.1, 0.15) is 38.5 Å². The van der Waals surface area contributed by atoms with Gasteiger partial charge in [-0.05, 0) is 31.8 Å². The van der Waals surface area contributed by atoms with Crippen molar-refractivity contribution >= 4 is 11.8 Å². The number of ketones is 1. The minimum atomic E-state index is -0.456. The standard InChI is InChI=1S/C11H16O3/c1-14-11(13)8-10(12)7-9-5-3-2-4-6-9/h7H,2-6,8H2,1H3. The van der Waals surface area contributed by atoms with Crippen LogP contribution in [0, 0.1) is 0 Å². The number of rotatable bonds is 3. The molecule has 3 nitrogen and oxygen atoms in total. The average molecular weight is 196 g/mol. The van der Waals surface area contributed by atoms with Gasteiger partial charge >= 0.3 is 5.97 Å². The van der Waals surface area contributed by atoms with E-state index in [0.29, 0.717) is 0 Å². The molecule has 0 N–H and O–H groups in total. The Hall–Kier alpha value is -1.12. The van der Waals surface area contributed by atoms with E-state index in [1.54, 1.807) is 6.08 Å². The van der Waals surface area contributed by atoms with E-state index in [0.717, 1.165) is 25.7 Å². The van der Waals surface area contributed by atoms with E-state index in [1.807, 2.05) is 0 Å². The fourth-order valence-corrected chi connectivity index (χ4v) is 1.64. The number of carbonyl (C=O) groups is 2. The lowest BCUT2D eigenvalue weighted by Gasteiger charge is -2.12. The zero-order valence-electron chi connectivity index (χ0n) is 8.54. The molecule has 1 aliphatic rings. The monoisotopic (exact) mass is 196 g/mol. The van der Waals surface area contributed by atoms with E-state index in [-0.39, 0.29) is 12.2 Å². The lowest BCUT2D eigenvalue weighted by atomic mass is 9.94. The first-order valence-electron chi connectivity index (χ1n) is 5.01. The quantitative estimate of drug-likeness (QED) is 0.394. The Morgan fingerprint density at radius 1 is 1.29 bits per heavy atom. The number of carbonyl (C=O) groups excluding carboxylic acids is 2. The molecule has 0 saturated heterocycles. The maximum absolute atomic E-state index is 11.3. The van der Waals surface area contributed by atoms with Crippen LogP contribution in [0.25, 0.3) is 0 Å². The molecule has 0 spiro atoms. The van der Waals surface area contributed by atoms with Gasteiger partial charge < -0.3 is 4.74 Å². The molecule has 0 atom stereocenters. The lowest BCUT2D eigenvalue weighted by Crippen LogP contribution is -2.08. The molecule has 78 valence electrons. The number of hydrogen-bond acceptors (Lipinski definition) is 3. The predicted octanol–water partition coefficient (Wildman–Crippen LogP) is 2.01. The van der Waals surface area contributed by atoms with Crippen LogP contribution in [-0.2, 0) is 14.3 Å². The molecule has 0 bridgehead atoms. The second kappa shape index (κ2) is 5.58. The predicted molar refractivity (Wildman–Crippen MR) is 52.8 cm³/mol. The average Bonchev–Trinajstić information content (AvgIpc) is 2.19. The van der Waals surface area contributed by atoms with E-state index >= 15 is 0 Å². The van der Waals surface area contributed by atoms with Crippen molar-refractivity contribution in [1.82, 2.24) is 0 Å². The summed E-state index contributed by atoms with van der Waals surface area (Å²) >= 11 is 0. The van der Waals surface area contributed by atoms with Crippen LogP contribution in [0.3, 0.4) is 0 Å². The van der Waals surface area contributed by atoms with Crippen LogP contribution in [0.4, 0.5) is 0 Å². The molecule has 0 aromatic carbocycles. The molecule has 0 radical (unpaired) electrons. The Kier molecular flexibility index (Phi) is 4.36. The SMILES string of the molecule is COC(=O)CC(=O)C=C1CCCCC1. The van der Waals surface area contributed by atoms with Gasteiger partial charge in [0.25, 0.3) is 0 Å². The lowest BCUT2D eigenvalue weighted by molar-refractivity contribution is -0.142. The normalized spacial score (nSPS) is 16.2. The van der Waals surface area contributed by atoms with Crippen LogP contribution in [0.5, 0.6) is 0 Å². The van der Waals surface area contributed by atoms with E-state index in [2.05, 4.69) is 4.74 Å². The van der Waals surface area contributed by atoms with Gasteiger partial charge in [-0.3, -0.25) is 9.59 Å². The van der Waals surface area contributed by atoms with Crippen LogP contribution in [-0.4, -0.2) is 18.9 Å². The first-order valence-corrected chi connectivity index (χ1v) is 5.01. The molecule has 1 saturated carbocycles. The summed E-state index contributed by atoms with van der Waals surface area (Å²) in [5, 5.41) is 0. The number of ether oxygens (including phenoxy) is 1. The largest absolute Gasteiger partial charge is 0.469 e. The summed E-state index contributed by atoms with van der Waals surface area (Å²) < 4.78 is 4.42. The fourth-order valence-electron chi connectivity index (χ4n) is 1.64. The van der Waals surface area contributed by atoms with Crippen molar-refractivity contribution in [2.45, 2.75) is 38.5 Å². The Morgan fingerprint density at radius 2 is 1.93 bits per heavy atom. The molecule has 0 aromatic heterocycles. The van der Waals surface area contributed by atoms with Gasteiger partial charge in [-0.1, -0.05) is 12.0 Å². The van der Waals surface area contributed by atoms with Crippen molar-refractivity contribution in [2.75, 3.05) is 7.11 Å². The highest BCUT2D eigenvalue weighted by atomic mass is 16.5. The Labute approximate surface area is 84.1 Å². The Bertz CT molecular complexity index is 245. The molecule has 0 aliphatic heterocycles. The molecular formula is C11H16O3. The molecule has 14 heavy (non-hydrogen) atoms. The van der Waals surface area contributed by atoms with Crippen molar-refractivity contribution in [3.63, 3.8) is 0 Å². The van der Waals surface area contributed by atoms with Crippen molar-refractivity contribution in [3.8, 4) is 0 Å². The maximum Gasteiger partial charge on any atom is 0.313 e. The van der Waals surface area contributed by atoms with Crippen molar-refractivity contribution in [3.05, 3.63) is 11.6 Å². The van der Waals surface area contributed by atoms with Gasteiger partial charge in [0.15, 0.2) is 5.78 Å². The van der Waals surface area contributed by atoms with Gasteiger partial charge in [-0.25, -0.2) is 0 Å². The van der Waals surface area contributed by atoms with Crippen molar-refractivity contribution in [2.24, 2.45) is 0 Å². The minimum Gasteiger partial charge on any atom is -0.469 e. The fraction of sp³-hybridized carbons (Fsp3) is 0.636. The number of esters is 1. The van der Waals surface area contributed by atoms with E-state index in [1.165, 1.54) is 19.1 Å². The van der Waals surface area contributed by atoms with Gasteiger partial charge in [0.2, 0.25) is 0 Å². The molecule has 3 heteroatoms. The summed E-state index contributed by atoms with van der Waals surface area (Å²) in [5.74, 6) is -0.587. The first-order chi connectivity index (χ1) is 6.72. The molecule has 0 unspecified atom stereocenters. The summed E-state index contributed by atoms with van der Waals surface area (Å²) in [6.07, 6.45) is 7.09. The third kappa shape index (κ3) is 3.73. The Morgan fingerprint density at radius 3 is 2.50 bits per heavy atom. The van der Waals surface area contributed by atoms with Gasteiger partial charge in [0.1, 0.15) is 6.42 Å². The van der Waals surface area contributed by atoms with Gasteiger partial charge in [-0.15, -0.1) is 0 Å². The van der Waals surface area contributed by atoms with Crippen molar-refractivity contribution in [1.29, 1.82) is 0 Å². The van der Waals surface area contributed by atoms with Crippen LogP contribution in [0.2, 0.25) is 0 Å². The molecule has 0 amide bonds. The van der Waals surface area contributed by atoms with Gasteiger partial charge in [-0.2, -0.15) is 0 Å². The summed E-state index contributed by atoms with van der Waals surface area (Å²) in [6, 6.07) is 0. The second-order valence-electron chi connectivity index (χ2n) is 3.58. The number of allylic oxidation sites excluding steroid dienone is 2. The zero-order valence-corrected chi connectivity index (χ0v) is 8.54. The van der Waals surface area contributed by atoms with E-state index in [4.69, 9.17) is 0 Å². The number of hydrogen-bond donors (Lipinski definition) is 0. The van der Waals surface area contributed by atoms with E-state index < -0.39 is 5.97 Å². The van der Waals surface area contributed by atoms with Crippen LogP contribution >= 0.6 is 0 Å². The van der Waals surface area contributed by atoms with Crippen LogP contribution in [0.15, 0.2) is 11.6 Å². The Balaban J connectivity index is 2.41. The molecule has 1 rings (SSSR count). The smallest absolute Gasteiger partial charge is 0.313 e. The van der Waals surface area contributed by atoms with E-state index in [9.17, 15) is 9.59 Å². The first kappa shape index (κ1) is 11.0. The molecular weight excluding hydrogens is 180 g/mol. The van der Waals surface area contributed by atoms with Gasteiger partial charge in [0.05, 0.1) is 7.11 Å². The summed E-state index contributed by atoms with van der Waals surface area (Å²) in [6.45, 7) is 0. The maximum atomic E-state index is 11.3. The minimum absolute atomic E-state index is 0.125. The van der Waals surface area contributed by atoms with Crippen molar-refractivity contribution < 1.29 is 14.3 Å². The zero-order chi connectivity index (χ0) is 10.4. The third-order valence-electron chi connectivity index (χ3n) is 2.41. The summed E-state index contributed by atoms with van der Waals surface area (Å²) in [5.41, 5.74) is 1.19. The summed E-state index contributed by atoms with van der Waals surface area (Å²) in [7, 11) is 1.30. The topological polar surface area (TPSA) is 43.4 Å². The highest BCUT2D eigenvalue weighted by Crippen LogP contribution is 2.22. The molecule has 1 aliphatic carbocycles.